The fraction of sp³-hybridized carbons (Fsp3) is 0.258. The van der Waals surface area contributed by atoms with E-state index in [1.807, 2.05) is 36.5 Å². The SMILES string of the molecule is Cc1cc(C2C(c3ccccn3)NC(=S)N2c2ccc(N3CCOCC3)cc2)c(C)n1-c1ccc(C(=O)O)cc1. The van der Waals surface area contributed by atoms with Crippen LogP contribution in [0.15, 0.2) is 79.0 Å². The van der Waals surface area contributed by atoms with Gasteiger partial charge in [-0.2, -0.15) is 0 Å². The van der Waals surface area contributed by atoms with Crippen LogP contribution in [-0.2, 0) is 4.74 Å². The minimum Gasteiger partial charge on any atom is -0.478 e. The molecule has 6 rings (SSSR count). The van der Waals surface area contributed by atoms with E-state index in [0.717, 1.165) is 60.3 Å². The standard InChI is InChI=1S/C31H31N5O3S/c1-20-19-26(21(2)35(20)24-8-6-22(7-9-24)30(37)38)29-28(27-5-3-4-14-32-27)33-31(40)36(29)25-12-10-23(11-13-25)34-15-17-39-18-16-34/h3-14,19,28-29H,15-18H2,1-2H3,(H,33,40)(H,37,38). The second-order valence-electron chi connectivity index (χ2n) is 10.1. The summed E-state index contributed by atoms with van der Waals surface area (Å²) >= 11 is 5.95. The van der Waals surface area contributed by atoms with Crippen molar-refractivity contribution in [3.8, 4) is 5.69 Å². The molecule has 2 aromatic carbocycles. The van der Waals surface area contributed by atoms with Gasteiger partial charge in [0.05, 0.1) is 36.6 Å². The van der Waals surface area contributed by atoms with Crippen molar-refractivity contribution in [1.82, 2.24) is 14.9 Å². The molecule has 204 valence electrons. The first-order valence-electron chi connectivity index (χ1n) is 13.4. The summed E-state index contributed by atoms with van der Waals surface area (Å²) in [4.78, 5) is 20.6. The Kier molecular flexibility index (Phi) is 7.00. The number of carboxylic acids is 1. The molecule has 0 radical (unpaired) electrons. The van der Waals surface area contributed by atoms with Crippen molar-refractivity contribution in [2.24, 2.45) is 0 Å². The van der Waals surface area contributed by atoms with Gasteiger partial charge in [-0.3, -0.25) is 4.98 Å². The average Bonchev–Trinajstić information content (AvgIpc) is 3.48. The largest absolute Gasteiger partial charge is 0.478 e. The monoisotopic (exact) mass is 553 g/mol. The molecule has 0 saturated carbocycles. The second-order valence-corrected chi connectivity index (χ2v) is 10.5. The average molecular weight is 554 g/mol. The lowest BCUT2D eigenvalue weighted by Crippen LogP contribution is -2.36. The molecule has 0 bridgehead atoms. The number of benzene rings is 2. The van der Waals surface area contributed by atoms with Crippen molar-refractivity contribution >= 4 is 34.7 Å². The molecule has 40 heavy (non-hydrogen) atoms. The molecule has 0 amide bonds. The van der Waals surface area contributed by atoms with Crippen molar-refractivity contribution in [1.29, 1.82) is 0 Å². The number of anilines is 2. The Bertz CT molecular complexity index is 1530. The summed E-state index contributed by atoms with van der Waals surface area (Å²) in [6, 6.07) is 23.4. The molecule has 4 heterocycles. The zero-order valence-corrected chi connectivity index (χ0v) is 23.3. The lowest BCUT2D eigenvalue weighted by atomic mass is 9.96. The second kappa shape index (κ2) is 10.7. The smallest absolute Gasteiger partial charge is 0.335 e. The first-order valence-corrected chi connectivity index (χ1v) is 13.8. The Morgan fingerprint density at radius 1 is 0.975 bits per heavy atom. The summed E-state index contributed by atoms with van der Waals surface area (Å²) in [6.45, 7) is 7.41. The number of morpholine rings is 1. The summed E-state index contributed by atoms with van der Waals surface area (Å²) in [5, 5.41) is 13.6. The number of pyridine rings is 1. The summed E-state index contributed by atoms with van der Waals surface area (Å²) < 4.78 is 7.68. The van der Waals surface area contributed by atoms with E-state index in [9.17, 15) is 9.90 Å². The number of ether oxygens (including phenoxy) is 1. The van der Waals surface area contributed by atoms with Crippen molar-refractivity contribution in [2.75, 3.05) is 36.1 Å². The van der Waals surface area contributed by atoms with Gasteiger partial charge >= 0.3 is 5.97 Å². The molecule has 2 unspecified atom stereocenters. The van der Waals surface area contributed by atoms with Crippen LogP contribution in [0.25, 0.3) is 5.69 Å². The molecule has 2 fully saturated rings. The zero-order chi connectivity index (χ0) is 27.8. The minimum absolute atomic E-state index is 0.144. The van der Waals surface area contributed by atoms with Gasteiger partial charge in [-0.25, -0.2) is 4.79 Å². The fourth-order valence-electron chi connectivity index (χ4n) is 5.83. The predicted octanol–water partition coefficient (Wildman–Crippen LogP) is 5.20. The third-order valence-corrected chi connectivity index (χ3v) is 8.08. The summed E-state index contributed by atoms with van der Waals surface area (Å²) in [7, 11) is 0. The fourth-order valence-corrected chi connectivity index (χ4v) is 6.18. The van der Waals surface area contributed by atoms with Gasteiger partial charge in [-0.15, -0.1) is 0 Å². The number of hydrogen-bond donors (Lipinski definition) is 2. The van der Waals surface area contributed by atoms with E-state index in [2.05, 4.69) is 68.8 Å². The zero-order valence-electron chi connectivity index (χ0n) is 22.4. The van der Waals surface area contributed by atoms with Crippen LogP contribution in [0.4, 0.5) is 11.4 Å². The number of aromatic nitrogens is 2. The molecule has 2 aliphatic heterocycles. The molecule has 2 aliphatic rings. The third-order valence-electron chi connectivity index (χ3n) is 7.76. The topological polar surface area (TPSA) is 82.9 Å². The Hall–Kier alpha value is -4.21. The van der Waals surface area contributed by atoms with E-state index in [4.69, 9.17) is 17.0 Å². The molecule has 0 spiro atoms. The van der Waals surface area contributed by atoms with E-state index < -0.39 is 5.97 Å². The Balaban J connectivity index is 1.42. The highest BCUT2D eigenvalue weighted by Crippen LogP contribution is 2.44. The maximum absolute atomic E-state index is 11.4. The van der Waals surface area contributed by atoms with Crippen LogP contribution in [0, 0.1) is 13.8 Å². The number of aryl methyl sites for hydroxylation is 1. The quantitative estimate of drug-likeness (QED) is 0.315. The van der Waals surface area contributed by atoms with Gasteiger partial charge in [0.15, 0.2) is 5.11 Å². The normalized spacial score (nSPS) is 19.1. The Morgan fingerprint density at radius 3 is 2.30 bits per heavy atom. The van der Waals surface area contributed by atoms with Crippen LogP contribution >= 0.6 is 12.2 Å². The number of rotatable bonds is 6. The van der Waals surface area contributed by atoms with Gasteiger partial charge in [0.2, 0.25) is 0 Å². The molecule has 2 saturated heterocycles. The van der Waals surface area contributed by atoms with Crippen LogP contribution in [-0.4, -0.2) is 52.0 Å². The Morgan fingerprint density at radius 2 is 1.65 bits per heavy atom. The number of aromatic carboxylic acids is 1. The van der Waals surface area contributed by atoms with Crippen LogP contribution in [0.5, 0.6) is 0 Å². The summed E-state index contributed by atoms with van der Waals surface area (Å²) in [5.74, 6) is -0.938. The van der Waals surface area contributed by atoms with Gasteiger partial charge in [0, 0.05) is 47.7 Å². The molecule has 2 N–H and O–H groups in total. The molecular formula is C31H31N5O3S. The van der Waals surface area contributed by atoms with Gasteiger partial charge in [-0.05, 0) is 98.4 Å². The van der Waals surface area contributed by atoms with Crippen molar-refractivity contribution in [3.63, 3.8) is 0 Å². The highest BCUT2D eigenvalue weighted by Gasteiger charge is 2.42. The number of nitrogens with one attached hydrogen (secondary N) is 1. The first kappa shape index (κ1) is 26.0. The van der Waals surface area contributed by atoms with Crippen LogP contribution < -0.4 is 15.1 Å². The molecule has 9 heteroatoms. The predicted molar refractivity (Wildman–Crippen MR) is 160 cm³/mol. The lowest BCUT2D eigenvalue weighted by molar-refractivity contribution is 0.0697. The van der Waals surface area contributed by atoms with E-state index >= 15 is 0 Å². The van der Waals surface area contributed by atoms with Gasteiger partial charge < -0.3 is 29.5 Å². The van der Waals surface area contributed by atoms with Crippen LogP contribution in [0.3, 0.4) is 0 Å². The molecule has 4 aromatic rings. The van der Waals surface area contributed by atoms with E-state index in [-0.39, 0.29) is 17.6 Å². The van der Waals surface area contributed by atoms with Crippen molar-refractivity contribution < 1.29 is 14.6 Å². The van der Waals surface area contributed by atoms with E-state index in [1.165, 1.54) is 5.69 Å². The molecule has 0 aliphatic carbocycles. The summed E-state index contributed by atoms with van der Waals surface area (Å²) in [6.07, 6.45) is 1.81. The summed E-state index contributed by atoms with van der Waals surface area (Å²) in [5.41, 5.74) is 7.51. The highest BCUT2D eigenvalue weighted by molar-refractivity contribution is 7.80. The Labute approximate surface area is 238 Å². The first-order chi connectivity index (χ1) is 19.4. The number of hydrogen-bond acceptors (Lipinski definition) is 5. The van der Waals surface area contributed by atoms with E-state index in [0.29, 0.717) is 5.11 Å². The lowest BCUT2D eigenvalue weighted by Gasteiger charge is -2.31. The molecule has 2 atom stereocenters. The number of carboxylic acid groups (broad SMARTS) is 1. The van der Waals surface area contributed by atoms with Crippen molar-refractivity contribution in [2.45, 2.75) is 25.9 Å². The molecular weight excluding hydrogens is 522 g/mol. The van der Waals surface area contributed by atoms with Crippen molar-refractivity contribution in [3.05, 3.63) is 107 Å². The van der Waals surface area contributed by atoms with Crippen LogP contribution in [0.1, 0.15) is 45.1 Å². The van der Waals surface area contributed by atoms with Crippen LogP contribution in [0.2, 0.25) is 0 Å². The van der Waals surface area contributed by atoms with E-state index in [1.54, 1.807) is 12.1 Å². The maximum atomic E-state index is 11.4. The number of nitrogens with zero attached hydrogens (tertiary/aromatic N) is 4. The van der Waals surface area contributed by atoms with Gasteiger partial charge in [-0.1, -0.05) is 6.07 Å². The molecule has 2 aromatic heterocycles. The number of carbonyl (C=O) groups is 1. The van der Waals surface area contributed by atoms with Gasteiger partial charge in [0.25, 0.3) is 0 Å². The third kappa shape index (κ3) is 4.71. The highest BCUT2D eigenvalue weighted by atomic mass is 32.1. The maximum Gasteiger partial charge on any atom is 0.335 e. The minimum atomic E-state index is -0.938. The molecule has 8 nitrogen and oxygen atoms in total. The van der Waals surface area contributed by atoms with Gasteiger partial charge in [0.1, 0.15) is 0 Å². The number of thiocarbonyl (C=S) groups is 1.